The van der Waals surface area contributed by atoms with Gasteiger partial charge in [-0.1, -0.05) is 22.0 Å². The van der Waals surface area contributed by atoms with Crippen molar-refractivity contribution in [3.8, 4) is 0 Å². The molecule has 0 radical (unpaired) electrons. The molecule has 1 aliphatic rings. The van der Waals surface area contributed by atoms with E-state index in [1.807, 2.05) is 25.1 Å². The van der Waals surface area contributed by atoms with Gasteiger partial charge < -0.3 is 10.6 Å². The first-order chi connectivity index (χ1) is 9.15. The van der Waals surface area contributed by atoms with Crippen molar-refractivity contribution in [3.05, 3.63) is 28.2 Å². The normalized spacial score (nSPS) is 16.3. The summed E-state index contributed by atoms with van der Waals surface area (Å²) in [5.41, 5.74) is 2.04. The van der Waals surface area contributed by atoms with Gasteiger partial charge in [0.15, 0.2) is 0 Å². The molecule has 1 aromatic carbocycles. The first-order valence-corrected chi connectivity index (χ1v) is 7.71. The van der Waals surface area contributed by atoms with Crippen LogP contribution in [-0.4, -0.2) is 19.0 Å². The van der Waals surface area contributed by atoms with Gasteiger partial charge in [0, 0.05) is 16.6 Å². The van der Waals surface area contributed by atoms with Crippen LogP contribution in [0.25, 0.3) is 0 Å². The molecule has 3 nitrogen and oxygen atoms in total. The highest BCUT2D eigenvalue weighted by molar-refractivity contribution is 9.10. The van der Waals surface area contributed by atoms with Crippen LogP contribution in [-0.2, 0) is 4.79 Å². The fourth-order valence-electron chi connectivity index (χ4n) is 2.40. The molecule has 0 unspecified atom stereocenters. The van der Waals surface area contributed by atoms with Gasteiger partial charge in [-0.05, 0) is 62.9 Å². The summed E-state index contributed by atoms with van der Waals surface area (Å²) >= 11 is 3.48. The second-order valence-electron chi connectivity index (χ2n) is 5.24. The molecule has 0 spiro atoms. The molecule has 1 aliphatic heterocycles. The third-order valence-electron chi connectivity index (χ3n) is 3.69. The maximum Gasteiger partial charge on any atom is 0.224 e. The maximum absolute atomic E-state index is 11.9. The number of amides is 1. The van der Waals surface area contributed by atoms with E-state index in [4.69, 9.17) is 0 Å². The van der Waals surface area contributed by atoms with Gasteiger partial charge in [-0.2, -0.15) is 0 Å². The summed E-state index contributed by atoms with van der Waals surface area (Å²) in [4.78, 5) is 11.9. The number of piperidine rings is 1. The summed E-state index contributed by atoms with van der Waals surface area (Å²) in [7, 11) is 0. The van der Waals surface area contributed by atoms with Crippen LogP contribution < -0.4 is 10.6 Å². The van der Waals surface area contributed by atoms with Crippen LogP contribution in [0.5, 0.6) is 0 Å². The van der Waals surface area contributed by atoms with Crippen molar-refractivity contribution in [2.45, 2.75) is 32.6 Å². The average Bonchev–Trinajstić information content (AvgIpc) is 2.42. The van der Waals surface area contributed by atoms with Crippen LogP contribution in [0.4, 0.5) is 5.69 Å². The van der Waals surface area contributed by atoms with Gasteiger partial charge in [0.25, 0.3) is 0 Å². The number of rotatable bonds is 4. The van der Waals surface area contributed by atoms with Crippen molar-refractivity contribution < 1.29 is 4.79 Å². The quantitative estimate of drug-likeness (QED) is 0.890. The number of anilines is 1. The molecule has 1 fully saturated rings. The number of hydrogen-bond donors (Lipinski definition) is 2. The molecule has 4 heteroatoms. The molecule has 1 aromatic rings. The van der Waals surface area contributed by atoms with Crippen molar-refractivity contribution in [2.75, 3.05) is 18.4 Å². The van der Waals surface area contributed by atoms with Gasteiger partial charge in [0.2, 0.25) is 5.91 Å². The number of benzene rings is 1. The Kier molecular flexibility index (Phi) is 5.40. The minimum atomic E-state index is 0.120. The van der Waals surface area contributed by atoms with E-state index < -0.39 is 0 Å². The van der Waals surface area contributed by atoms with E-state index in [0.717, 1.165) is 29.7 Å². The lowest BCUT2D eigenvalue weighted by Gasteiger charge is -2.22. The van der Waals surface area contributed by atoms with E-state index in [2.05, 4.69) is 26.6 Å². The lowest BCUT2D eigenvalue weighted by Crippen LogP contribution is -2.28. The molecule has 0 saturated carbocycles. The third-order valence-corrected chi connectivity index (χ3v) is 4.55. The van der Waals surface area contributed by atoms with Gasteiger partial charge in [-0.25, -0.2) is 0 Å². The molecule has 1 heterocycles. The zero-order chi connectivity index (χ0) is 13.7. The molecule has 0 bridgehead atoms. The highest BCUT2D eigenvalue weighted by Crippen LogP contribution is 2.22. The Morgan fingerprint density at radius 3 is 2.84 bits per heavy atom. The Morgan fingerprint density at radius 2 is 2.16 bits per heavy atom. The van der Waals surface area contributed by atoms with Gasteiger partial charge in [-0.15, -0.1) is 0 Å². The summed E-state index contributed by atoms with van der Waals surface area (Å²) in [5, 5.41) is 6.31. The monoisotopic (exact) mass is 324 g/mol. The standard InChI is InChI=1S/C15H21BrN2O/c1-11-2-4-13(10-14(11)16)18-15(19)5-3-12-6-8-17-9-7-12/h2,4,10,12,17H,3,5-9H2,1H3,(H,18,19). The van der Waals surface area contributed by atoms with Crippen LogP contribution in [0, 0.1) is 12.8 Å². The first kappa shape index (κ1) is 14.5. The fourth-order valence-corrected chi connectivity index (χ4v) is 2.78. The first-order valence-electron chi connectivity index (χ1n) is 6.92. The molecular formula is C15H21BrN2O. The number of aryl methyl sites for hydroxylation is 1. The van der Waals surface area contributed by atoms with Crippen LogP contribution in [0.3, 0.4) is 0 Å². The molecule has 19 heavy (non-hydrogen) atoms. The number of nitrogens with one attached hydrogen (secondary N) is 2. The van der Waals surface area contributed by atoms with Crippen molar-refractivity contribution in [3.63, 3.8) is 0 Å². The van der Waals surface area contributed by atoms with E-state index in [9.17, 15) is 4.79 Å². The fraction of sp³-hybridized carbons (Fsp3) is 0.533. The summed E-state index contributed by atoms with van der Waals surface area (Å²) < 4.78 is 1.03. The van der Waals surface area contributed by atoms with Crippen LogP contribution in [0.15, 0.2) is 22.7 Å². The molecule has 1 saturated heterocycles. The van der Waals surface area contributed by atoms with Crippen LogP contribution >= 0.6 is 15.9 Å². The number of halogens is 1. The van der Waals surface area contributed by atoms with Gasteiger partial charge >= 0.3 is 0 Å². The largest absolute Gasteiger partial charge is 0.326 e. The van der Waals surface area contributed by atoms with Crippen molar-refractivity contribution in [1.29, 1.82) is 0 Å². The zero-order valence-electron chi connectivity index (χ0n) is 11.3. The van der Waals surface area contributed by atoms with E-state index in [0.29, 0.717) is 12.3 Å². The highest BCUT2D eigenvalue weighted by Gasteiger charge is 2.14. The second kappa shape index (κ2) is 7.06. The summed E-state index contributed by atoms with van der Waals surface area (Å²) in [6.45, 7) is 4.22. The predicted octanol–water partition coefficient (Wildman–Crippen LogP) is 3.48. The molecule has 2 N–H and O–H groups in total. The topological polar surface area (TPSA) is 41.1 Å². The lowest BCUT2D eigenvalue weighted by atomic mass is 9.93. The third kappa shape index (κ3) is 4.62. The number of carbonyl (C=O) groups excluding carboxylic acids is 1. The zero-order valence-corrected chi connectivity index (χ0v) is 12.9. The van der Waals surface area contributed by atoms with E-state index >= 15 is 0 Å². The van der Waals surface area contributed by atoms with Crippen molar-refractivity contribution >= 4 is 27.5 Å². The lowest BCUT2D eigenvalue weighted by molar-refractivity contribution is -0.116. The Hall–Kier alpha value is -0.870. The Bertz CT molecular complexity index is 442. The Morgan fingerprint density at radius 1 is 1.42 bits per heavy atom. The number of carbonyl (C=O) groups is 1. The van der Waals surface area contributed by atoms with Crippen molar-refractivity contribution in [1.82, 2.24) is 5.32 Å². The minimum Gasteiger partial charge on any atom is -0.326 e. The summed E-state index contributed by atoms with van der Waals surface area (Å²) in [6.07, 6.45) is 4.02. The predicted molar refractivity (Wildman–Crippen MR) is 82.3 cm³/mol. The van der Waals surface area contributed by atoms with Gasteiger partial charge in [0.1, 0.15) is 0 Å². The Labute approximate surface area is 123 Å². The number of hydrogen-bond acceptors (Lipinski definition) is 2. The minimum absolute atomic E-state index is 0.120. The van der Waals surface area contributed by atoms with E-state index in [1.165, 1.54) is 18.4 Å². The Balaban J connectivity index is 1.78. The molecular weight excluding hydrogens is 304 g/mol. The smallest absolute Gasteiger partial charge is 0.224 e. The summed E-state index contributed by atoms with van der Waals surface area (Å²) in [6, 6.07) is 5.91. The van der Waals surface area contributed by atoms with Gasteiger partial charge in [0.05, 0.1) is 0 Å². The maximum atomic E-state index is 11.9. The highest BCUT2D eigenvalue weighted by atomic mass is 79.9. The molecule has 104 valence electrons. The molecule has 0 aliphatic carbocycles. The van der Waals surface area contributed by atoms with E-state index in [1.54, 1.807) is 0 Å². The van der Waals surface area contributed by atoms with Crippen molar-refractivity contribution in [2.24, 2.45) is 5.92 Å². The van der Waals surface area contributed by atoms with Crippen LogP contribution in [0.2, 0.25) is 0 Å². The second-order valence-corrected chi connectivity index (χ2v) is 6.10. The molecule has 1 amide bonds. The molecule has 2 rings (SSSR count). The average molecular weight is 325 g/mol. The molecule has 0 aromatic heterocycles. The SMILES string of the molecule is Cc1ccc(NC(=O)CCC2CCNCC2)cc1Br. The van der Waals surface area contributed by atoms with E-state index in [-0.39, 0.29) is 5.91 Å². The summed E-state index contributed by atoms with van der Waals surface area (Å²) in [5.74, 6) is 0.825. The molecule has 0 atom stereocenters. The van der Waals surface area contributed by atoms with Gasteiger partial charge in [-0.3, -0.25) is 4.79 Å². The van der Waals surface area contributed by atoms with Crippen LogP contribution in [0.1, 0.15) is 31.2 Å².